The molecule has 156 valence electrons. The molecule has 1 saturated heterocycles. The maximum absolute atomic E-state index is 12.9. The Balaban J connectivity index is 1.93. The second-order valence-corrected chi connectivity index (χ2v) is 9.00. The van der Waals surface area contributed by atoms with E-state index in [9.17, 15) is 22.8 Å². The van der Waals surface area contributed by atoms with E-state index in [1.165, 1.54) is 14.0 Å². The molecule has 2 atom stereocenters. The maximum atomic E-state index is 12.9. The Hall–Kier alpha value is -2.72. The molecule has 29 heavy (non-hydrogen) atoms. The molecule has 0 bridgehead atoms. The lowest BCUT2D eigenvalue weighted by molar-refractivity contribution is -0.160. The smallest absolute Gasteiger partial charge is 0.302 e. The van der Waals surface area contributed by atoms with Crippen LogP contribution in [0.4, 0.5) is 0 Å². The van der Waals surface area contributed by atoms with Gasteiger partial charge in [0.25, 0.3) is 11.8 Å². The number of ether oxygens (including phenoxy) is 2. The van der Waals surface area contributed by atoms with E-state index >= 15 is 0 Å². The minimum absolute atomic E-state index is 0.0571. The van der Waals surface area contributed by atoms with Gasteiger partial charge >= 0.3 is 5.97 Å². The fourth-order valence-electron chi connectivity index (χ4n) is 3.44. The van der Waals surface area contributed by atoms with Gasteiger partial charge in [-0.1, -0.05) is 24.3 Å². The van der Waals surface area contributed by atoms with Crippen molar-refractivity contribution in [3.05, 3.63) is 46.7 Å². The molecule has 10 heteroatoms. The number of sulfone groups is 1. The quantitative estimate of drug-likeness (QED) is 0.508. The van der Waals surface area contributed by atoms with E-state index in [2.05, 4.69) is 5.32 Å². The standard InChI is InChI=1S/C19H22N2O7S/c1-11-6-4-5-7-13(11)8-20-17(23)15-14(9-28-12(2)22)10-29(25,26)19-16(27-3)18(24)21(15)19/h4-7,16,19H,8-10H2,1-3H3,(H,20,23)/t16-,19+/m0/s1. The molecule has 2 heterocycles. The lowest BCUT2D eigenvalue weighted by Gasteiger charge is -2.48. The van der Waals surface area contributed by atoms with Crippen LogP contribution in [-0.4, -0.2) is 62.0 Å². The van der Waals surface area contributed by atoms with Gasteiger partial charge in [-0.25, -0.2) is 8.42 Å². The van der Waals surface area contributed by atoms with Crippen molar-refractivity contribution in [3.8, 4) is 0 Å². The lowest BCUT2D eigenvalue weighted by atomic mass is 10.0. The molecule has 3 rings (SSSR count). The number of β-lactam (4-membered cyclic amide) rings is 1. The van der Waals surface area contributed by atoms with E-state index in [4.69, 9.17) is 9.47 Å². The van der Waals surface area contributed by atoms with Crippen LogP contribution in [0.3, 0.4) is 0 Å². The number of hydrogen-bond donors (Lipinski definition) is 1. The van der Waals surface area contributed by atoms with Gasteiger partial charge in [0.15, 0.2) is 21.3 Å². The molecule has 1 fully saturated rings. The summed E-state index contributed by atoms with van der Waals surface area (Å²) >= 11 is 0. The Morgan fingerprint density at radius 2 is 1.97 bits per heavy atom. The normalized spacial score (nSPS) is 22.6. The molecule has 0 radical (unpaired) electrons. The highest BCUT2D eigenvalue weighted by Crippen LogP contribution is 2.38. The highest BCUT2D eigenvalue weighted by Gasteiger charge is 2.60. The van der Waals surface area contributed by atoms with Gasteiger partial charge in [0.2, 0.25) is 0 Å². The topological polar surface area (TPSA) is 119 Å². The number of nitrogens with one attached hydrogen (secondary N) is 1. The van der Waals surface area contributed by atoms with Crippen molar-refractivity contribution in [2.45, 2.75) is 31.9 Å². The number of nitrogens with zero attached hydrogens (tertiary/aromatic N) is 1. The summed E-state index contributed by atoms with van der Waals surface area (Å²) in [7, 11) is -2.56. The van der Waals surface area contributed by atoms with E-state index in [0.717, 1.165) is 16.0 Å². The third kappa shape index (κ3) is 3.90. The van der Waals surface area contributed by atoms with Gasteiger partial charge in [0, 0.05) is 26.2 Å². The summed E-state index contributed by atoms with van der Waals surface area (Å²) in [5, 5.41) is 1.46. The van der Waals surface area contributed by atoms with Crippen LogP contribution < -0.4 is 5.32 Å². The van der Waals surface area contributed by atoms with Crippen molar-refractivity contribution in [3.63, 3.8) is 0 Å². The van der Waals surface area contributed by atoms with E-state index in [-0.39, 0.29) is 17.8 Å². The molecular weight excluding hydrogens is 400 g/mol. The monoisotopic (exact) mass is 422 g/mol. The molecule has 2 amide bonds. The van der Waals surface area contributed by atoms with E-state index < -0.39 is 51.5 Å². The molecule has 2 aliphatic heterocycles. The van der Waals surface area contributed by atoms with Crippen molar-refractivity contribution >= 4 is 27.6 Å². The fraction of sp³-hybridized carbons (Fsp3) is 0.421. The zero-order valence-corrected chi connectivity index (χ0v) is 17.1. The molecular formula is C19H22N2O7S. The summed E-state index contributed by atoms with van der Waals surface area (Å²) in [6.45, 7) is 2.88. The minimum atomic E-state index is -3.80. The summed E-state index contributed by atoms with van der Waals surface area (Å²) in [5.41, 5.74) is 1.82. The first-order valence-corrected chi connectivity index (χ1v) is 10.6. The molecule has 0 spiro atoms. The number of esters is 1. The summed E-state index contributed by atoms with van der Waals surface area (Å²) in [6.07, 6.45) is -1.16. The number of methoxy groups -OCH3 is 1. The predicted molar refractivity (Wildman–Crippen MR) is 102 cm³/mol. The number of aryl methyl sites for hydroxylation is 1. The zero-order chi connectivity index (χ0) is 21.3. The van der Waals surface area contributed by atoms with Crippen LogP contribution in [0.2, 0.25) is 0 Å². The Morgan fingerprint density at radius 3 is 2.59 bits per heavy atom. The van der Waals surface area contributed by atoms with Crippen LogP contribution in [0.1, 0.15) is 18.1 Å². The average Bonchev–Trinajstić information content (AvgIpc) is 2.65. The van der Waals surface area contributed by atoms with Crippen LogP contribution in [0.5, 0.6) is 0 Å². The van der Waals surface area contributed by atoms with Crippen LogP contribution in [0.25, 0.3) is 0 Å². The number of carbonyl (C=O) groups is 3. The van der Waals surface area contributed by atoms with Crippen molar-refractivity contribution in [1.29, 1.82) is 0 Å². The second kappa shape index (κ2) is 7.96. The largest absolute Gasteiger partial charge is 0.461 e. The van der Waals surface area contributed by atoms with Crippen molar-refractivity contribution in [1.82, 2.24) is 10.2 Å². The SMILES string of the molecule is CO[C@H]1C(=O)N2C(C(=O)NCc3ccccc3C)=C(COC(C)=O)CS(=O)(=O)[C@H]12. The maximum Gasteiger partial charge on any atom is 0.302 e. The molecule has 0 unspecified atom stereocenters. The molecule has 1 aromatic carbocycles. The van der Waals surface area contributed by atoms with Gasteiger partial charge in [-0.15, -0.1) is 0 Å². The number of hydrogen-bond acceptors (Lipinski definition) is 7. The van der Waals surface area contributed by atoms with Gasteiger partial charge in [0.1, 0.15) is 12.3 Å². The first-order valence-electron chi connectivity index (χ1n) is 8.93. The second-order valence-electron chi connectivity index (χ2n) is 6.90. The number of amides is 2. The Morgan fingerprint density at radius 1 is 1.28 bits per heavy atom. The molecule has 0 saturated carbocycles. The first-order chi connectivity index (χ1) is 13.7. The molecule has 9 nitrogen and oxygen atoms in total. The minimum Gasteiger partial charge on any atom is -0.461 e. The molecule has 1 N–H and O–H groups in total. The number of fused-ring (bicyclic) bond motifs is 1. The highest BCUT2D eigenvalue weighted by atomic mass is 32.2. The molecule has 2 aliphatic rings. The first kappa shape index (κ1) is 21.0. The zero-order valence-electron chi connectivity index (χ0n) is 16.3. The van der Waals surface area contributed by atoms with E-state index in [0.29, 0.717) is 0 Å². The van der Waals surface area contributed by atoms with Crippen molar-refractivity contribution in [2.24, 2.45) is 0 Å². The van der Waals surface area contributed by atoms with Crippen molar-refractivity contribution in [2.75, 3.05) is 19.5 Å². The van der Waals surface area contributed by atoms with Gasteiger partial charge < -0.3 is 14.8 Å². The van der Waals surface area contributed by atoms with Crippen LogP contribution >= 0.6 is 0 Å². The average molecular weight is 422 g/mol. The Bertz CT molecular complexity index is 1000. The molecule has 0 aliphatic carbocycles. The van der Waals surface area contributed by atoms with Gasteiger partial charge in [-0.05, 0) is 18.1 Å². The fourth-order valence-corrected chi connectivity index (χ4v) is 5.46. The van der Waals surface area contributed by atoms with Crippen LogP contribution in [-0.2, 0) is 40.2 Å². The van der Waals surface area contributed by atoms with Crippen LogP contribution in [0, 0.1) is 6.92 Å². The lowest BCUT2D eigenvalue weighted by Crippen LogP contribution is -2.71. The van der Waals surface area contributed by atoms with Gasteiger partial charge in [-0.2, -0.15) is 0 Å². The number of carbonyl (C=O) groups excluding carboxylic acids is 3. The summed E-state index contributed by atoms with van der Waals surface area (Å²) in [5.74, 6) is -2.36. The number of rotatable bonds is 6. The summed E-state index contributed by atoms with van der Waals surface area (Å²) < 4.78 is 35.2. The Kier molecular flexibility index (Phi) is 5.76. The summed E-state index contributed by atoms with van der Waals surface area (Å²) in [6, 6.07) is 7.47. The van der Waals surface area contributed by atoms with Crippen molar-refractivity contribution < 1.29 is 32.3 Å². The van der Waals surface area contributed by atoms with Crippen LogP contribution in [0.15, 0.2) is 35.5 Å². The molecule has 1 aromatic rings. The van der Waals surface area contributed by atoms with Gasteiger partial charge in [0.05, 0.1) is 5.75 Å². The highest BCUT2D eigenvalue weighted by molar-refractivity contribution is 7.92. The van der Waals surface area contributed by atoms with E-state index in [1.54, 1.807) is 0 Å². The van der Waals surface area contributed by atoms with Gasteiger partial charge in [-0.3, -0.25) is 19.3 Å². The van der Waals surface area contributed by atoms with E-state index in [1.807, 2.05) is 31.2 Å². The number of benzene rings is 1. The summed E-state index contributed by atoms with van der Waals surface area (Å²) in [4.78, 5) is 37.5. The predicted octanol–water partition coefficient (Wildman–Crippen LogP) is 0.0401. The third-order valence-electron chi connectivity index (χ3n) is 4.93. The molecule has 0 aromatic heterocycles. The Labute approximate surface area is 168 Å². The third-order valence-corrected chi connectivity index (χ3v) is 6.88.